The van der Waals surface area contributed by atoms with E-state index in [0.717, 1.165) is 38.8 Å². The zero-order valence-electron chi connectivity index (χ0n) is 18.2. The second kappa shape index (κ2) is 10.1. The number of benzene rings is 1. The second-order valence-corrected chi connectivity index (χ2v) is 9.18. The van der Waals surface area contributed by atoms with Crippen LogP contribution in [-0.4, -0.2) is 15.6 Å². The molecule has 4 nitrogen and oxygen atoms in total. The summed E-state index contributed by atoms with van der Waals surface area (Å²) in [5, 5.41) is 12.9. The topological polar surface area (TPSA) is 53.6 Å². The van der Waals surface area contributed by atoms with Gasteiger partial charge in [0.05, 0.1) is 18.1 Å². The van der Waals surface area contributed by atoms with E-state index in [1.54, 1.807) is 0 Å². The van der Waals surface area contributed by atoms with Crippen molar-refractivity contribution in [3.05, 3.63) is 59.7 Å². The summed E-state index contributed by atoms with van der Waals surface area (Å²) in [7, 11) is 0. The molecule has 2 aliphatic rings. The lowest BCUT2D eigenvalue weighted by Crippen LogP contribution is -2.28. The van der Waals surface area contributed by atoms with E-state index in [4.69, 9.17) is 5.26 Å². The van der Waals surface area contributed by atoms with Crippen molar-refractivity contribution in [2.24, 2.45) is 11.8 Å². The number of nitriles is 1. The quantitative estimate of drug-likeness (QED) is 0.680. The van der Waals surface area contributed by atoms with E-state index in [1.165, 1.54) is 48.1 Å². The Morgan fingerprint density at radius 3 is 2.83 bits per heavy atom. The van der Waals surface area contributed by atoms with Crippen LogP contribution in [-0.2, 0) is 13.1 Å². The van der Waals surface area contributed by atoms with Crippen LogP contribution in [0, 0.1) is 30.1 Å². The molecule has 4 heteroatoms. The molecule has 0 aliphatic heterocycles. The maximum Gasteiger partial charge on any atom is 0.0948 e. The Labute approximate surface area is 181 Å². The molecule has 1 unspecified atom stereocenters. The molecule has 0 bridgehead atoms. The molecule has 30 heavy (non-hydrogen) atoms. The molecule has 1 fully saturated rings. The molecule has 0 radical (unpaired) electrons. The maximum atomic E-state index is 9.12. The lowest BCUT2D eigenvalue weighted by Gasteiger charge is -2.25. The first-order valence-corrected chi connectivity index (χ1v) is 11.6. The molecule has 0 amide bonds. The maximum absolute atomic E-state index is 9.12. The van der Waals surface area contributed by atoms with Gasteiger partial charge in [-0.25, -0.2) is 4.98 Å². The van der Waals surface area contributed by atoms with Crippen molar-refractivity contribution in [1.82, 2.24) is 14.9 Å². The molecule has 0 spiro atoms. The summed E-state index contributed by atoms with van der Waals surface area (Å²) in [6.07, 6.45) is 15.8. The number of aromatic nitrogens is 2. The predicted molar refractivity (Wildman–Crippen MR) is 122 cm³/mol. The number of rotatable bonds is 6. The molecule has 1 atom stereocenters. The van der Waals surface area contributed by atoms with Crippen molar-refractivity contribution in [3.8, 4) is 6.07 Å². The summed E-state index contributed by atoms with van der Waals surface area (Å²) in [6.45, 7) is 4.06. The first-order chi connectivity index (χ1) is 14.7. The minimum atomic E-state index is 0.273. The Morgan fingerprint density at radius 2 is 2.03 bits per heavy atom. The highest BCUT2D eigenvalue weighted by Gasteiger charge is 2.22. The fraction of sp³-hybridized carbons (Fsp3) is 0.538. The van der Waals surface area contributed by atoms with E-state index in [9.17, 15) is 0 Å². The van der Waals surface area contributed by atoms with Crippen LogP contribution >= 0.6 is 0 Å². The van der Waals surface area contributed by atoms with E-state index in [0.29, 0.717) is 12.0 Å². The van der Waals surface area contributed by atoms with Crippen molar-refractivity contribution < 1.29 is 0 Å². The molecule has 1 heterocycles. The number of imidazole rings is 1. The zero-order chi connectivity index (χ0) is 20.8. The summed E-state index contributed by atoms with van der Waals surface area (Å²) >= 11 is 0. The standard InChI is InChI=1S/C26H34N4/c1-20-5-4-7-23(13-20)24-6-2-3-8-25(14-24)29-17-26-16-28-19-30(26)18-22-11-9-21(15-27)10-12-22/h4-5,7,13-14,16,19,21-22,25,29H,2-3,6,8-12,17-18H2,1H3. The van der Waals surface area contributed by atoms with Gasteiger partial charge in [-0.1, -0.05) is 42.3 Å². The normalized spacial score (nSPS) is 24.7. The average molecular weight is 403 g/mol. The fourth-order valence-corrected chi connectivity index (χ4v) is 4.98. The third-order valence-corrected chi connectivity index (χ3v) is 6.83. The molecule has 0 saturated heterocycles. The molecule has 2 aromatic rings. The molecule has 1 saturated carbocycles. The monoisotopic (exact) mass is 402 g/mol. The summed E-state index contributed by atoms with van der Waals surface area (Å²) in [4.78, 5) is 4.43. The van der Waals surface area contributed by atoms with Gasteiger partial charge in [0.1, 0.15) is 0 Å². The molecular weight excluding hydrogens is 368 g/mol. The van der Waals surface area contributed by atoms with Gasteiger partial charge in [0.2, 0.25) is 0 Å². The fourth-order valence-electron chi connectivity index (χ4n) is 4.98. The van der Waals surface area contributed by atoms with Crippen LogP contribution in [0.5, 0.6) is 0 Å². The Hall–Kier alpha value is -2.38. The van der Waals surface area contributed by atoms with Crippen LogP contribution in [0.15, 0.2) is 42.9 Å². The number of allylic oxidation sites excluding steroid dienone is 1. The van der Waals surface area contributed by atoms with Gasteiger partial charge in [0, 0.05) is 31.2 Å². The number of hydrogen-bond donors (Lipinski definition) is 1. The average Bonchev–Trinajstić information content (AvgIpc) is 3.06. The largest absolute Gasteiger partial charge is 0.333 e. The van der Waals surface area contributed by atoms with E-state index in [1.807, 2.05) is 12.5 Å². The Morgan fingerprint density at radius 1 is 1.17 bits per heavy atom. The molecular formula is C26H34N4. The molecule has 158 valence electrons. The van der Waals surface area contributed by atoms with Crippen molar-refractivity contribution in [2.75, 3.05) is 0 Å². The molecule has 1 aromatic heterocycles. The third-order valence-electron chi connectivity index (χ3n) is 6.83. The van der Waals surface area contributed by atoms with Crippen molar-refractivity contribution in [1.29, 1.82) is 5.26 Å². The molecule has 2 aliphatic carbocycles. The van der Waals surface area contributed by atoms with Crippen LogP contribution in [0.25, 0.3) is 5.57 Å². The van der Waals surface area contributed by atoms with E-state index in [2.05, 4.69) is 58.2 Å². The third kappa shape index (κ3) is 5.40. The summed E-state index contributed by atoms with van der Waals surface area (Å²) in [6, 6.07) is 11.8. The summed E-state index contributed by atoms with van der Waals surface area (Å²) in [5.41, 5.74) is 5.46. The number of nitrogens with one attached hydrogen (secondary N) is 1. The number of aryl methyl sites for hydroxylation is 1. The van der Waals surface area contributed by atoms with Crippen molar-refractivity contribution >= 4 is 5.57 Å². The first-order valence-electron chi connectivity index (χ1n) is 11.6. The van der Waals surface area contributed by atoms with Gasteiger partial charge >= 0.3 is 0 Å². The second-order valence-electron chi connectivity index (χ2n) is 9.18. The minimum Gasteiger partial charge on any atom is -0.333 e. The Kier molecular flexibility index (Phi) is 7.02. The molecule has 1 N–H and O–H groups in total. The summed E-state index contributed by atoms with van der Waals surface area (Å²) < 4.78 is 2.33. The van der Waals surface area contributed by atoms with Crippen LogP contribution < -0.4 is 5.32 Å². The van der Waals surface area contributed by atoms with Gasteiger partial charge in [0.15, 0.2) is 0 Å². The van der Waals surface area contributed by atoms with Gasteiger partial charge in [-0.3, -0.25) is 0 Å². The van der Waals surface area contributed by atoms with Crippen LogP contribution in [0.1, 0.15) is 68.2 Å². The van der Waals surface area contributed by atoms with Crippen molar-refractivity contribution in [3.63, 3.8) is 0 Å². The highest BCUT2D eigenvalue weighted by atomic mass is 15.1. The lowest BCUT2D eigenvalue weighted by atomic mass is 9.83. The number of nitrogens with zero attached hydrogens (tertiary/aromatic N) is 3. The Bertz CT molecular complexity index is 896. The van der Waals surface area contributed by atoms with Gasteiger partial charge in [0.25, 0.3) is 0 Å². The lowest BCUT2D eigenvalue weighted by molar-refractivity contribution is 0.282. The molecule has 4 rings (SSSR count). The van der Waals surface area contributed by atoms with Crippen LogP contribution in [0.4, 0.5) is 0 Å². The van der Waals surface area contributed by atoms with Crippen LogP contribution in [0.2, 0.25) is 0 Å². The van der Waals surface area contributed by atoms with E-state index >= 15 is 0 Å². The highest BCUT2D eigenvalue weighted by molar-refractivity contribution is 5.67. The minimum absolute atomic E-state index is 0.273. The van der Waals surface area contributed by atoms with E-state index < -0.39 is 0 Å². The van der Waals surface area contributed by atoms with Crippen LogP contribution in [0.3, 0.4) is 0 Å². The first kappa shape index (κ1) is 20.9. The smallest absolute Gasteiger partial charge is 0.0948 e. The van der Waals surface area contributed by atoms with Gasteiger partial charge in [-0.15, -0.1) is 0 Å². The van der Waals surface area contributed by atoms with Crippen molar-refractivity contribution in [2.45, 2.75) is 77.4 Å². The van der Waals surface area contributed by atoms with Gasteiger partial charge in [-0.05, 0) is 68.9 Å². The molecule has 1 aromatic carbocycles. The van der Waals surface area contributed by atoms with Gasteiger partial charge < -0.3 is 9.88 Å². The van der Waals surface area contributed by atoms with Gasteiger partial charge in [-0.2, -0.15) is 5.26 Å². The SMILES string of the molecule is Cc1cccc(C2=CC(NCc3cncn3CC3CCC(C#N)CC3)CCCC2)c1. The Balaban J connectivity index is 1.37. The predicted octanol–water partition coefficient (Wildman–Crippen LogP) is 5.64. The number of hydrogen-bond acceptors (Lipinski definition) is 3. The summed E-state index contributed by atoms with van der Waals surface area (Å²) in [5.74, 6) is 0.947. The highest BCUT2D eigenvalue weighted by Crippen LogP contribution is 2.30. The van der Waals surface area contributed by atoms with E-state index in [-0.39, 0.29) is 5.92 Å². The zero-order valence-corrected chi connectivity index (χ0v) is 18.2.